The highest BCUT2D eigenvalue weighted by Gasteiger charge is 2.20. The topological polar surface area (TPSA) is 9.23 Å². The van der Waals surface area contributed by atoms with Gasteiger partial charge in [-0.2, -0.15) is 0 Å². The second-order valence-electron chi connectivity index (χ2n) is 5.67. The number of ether oxygens (including phenoxy) is 1. The zero-order valence-electron chi connectivity index (χ0n) is 11.5. The summed E-state index contributed by atoms with van der Waals surface area (Å²) in [7, 11) is 0. The molecule has 0 N–H and O–H groups in total. The van der Waals surface area contributed by atoms with E-state index in [0.717, 1.165) is 0 Å². The molecule has 17 heavy (non-hydrogen) atoms. The lowest BCUT2D eigenvalue weighted by atomic mass is 10.1. The summed E-state index contributed by atoms with van der Waals surface area (Å²) in [4.78, 5) is 0. The van der Waals surface area contributed by atoms with Crippen LogP contribution in [0.25, 0.3) is 0 Å². The van der Waals surface area contributed by atoms with Crippen molar-refractivity contribution in [3.05, 3.63) is 0 Å². The Hall–Kier alpha value is -0.320. The van der Waals surface area contributed by atoms with Crippen LogP contribution in [0.2, 0.25) is 0 Å². The minimum atomic E-state index is -2.29. The first-order valence-corrected chi connectivity index (χ1v) is 5.53. The van der Waals surface area contributed by atoms with Crippen molar-refractivity contribution in [2.24, 2.45) is 0 Å². The van der Waals surface area contributed by atoms with Gasteiger partial charge in [0.15, 0.2) is 12.3 Å². The second kappa shape index (κ2) is 7.90. The van der Waals surface area contributed by atoms with Crippen LogP contribution in [0.3, 0.4) is 0 Å². The van der Waals surface area contributed by atoms with E-state index in [9.17, 15) is 17.6 Å². The molecule has 1 nitrogen and oxygen atoms in total. The number of halogens is 4. The average Bonchev–Trinajstić information content (AvgIpc) is 2.10. The average molecular weight is 260 g/mol. The third-order valence-electron chi connectivity index (χ3n) is 1.30. The van der Waals surface area contributed by atoms with Crippen LogP contribution in [-0.4, -0.2) is 36.9 Å². The van der Waals surface area contributed by atoms with Gasteiger partial charge in [-0.1, -0.05) is 0 Å². The standard InChI is InChI=1S/C8H18O.C4H6F4/c1-7(2,3)9-8(4,5)6;5-1-3(7)4(8)2-6/h1-6H3;3-4H,1-2H2. The Labute approximate surface area is 102 Å². The summed E-state index contributed by atoms with van der Waals surface area (Å²) < 4.78 is 50.8. The van der Waals surface area contributed by atoms with Crippen LogP contribution >= 0.6 is 0 Å². The SMILES string of the molecule is CC(C)(C)OC(C)(C)C.FCC(F)C(F)CF. The predicted molar refractivity (Wildman–Crippen MR) is 62.3 cm³/mol. The predicted octanol–water partition coefficient (Wildman–Crippen LogP) is 4.20. The van der Waals surface area contributed by atoms with Gasteiger partial charge in [-0.25, -0.2) is 17.6 Å². The largest absolute Gasteiger partial charge is 0.370 e. The lowest BCUT2D eigenvalue weighted by Gasteiger charge is -2.30. The van der Waals surface area contributed by atoms with Crippen molar-refractivity contribution < 1.29 is 22.3 Å². The molecule has 0 heterocycles. The Morgan fingerprint density at radius 3 is 1.06 bits per heavy atom. The first-order chi connectivity index (χ1) is 7.43. The van der Waals surface area contributed by atoms with Gasteiger partial charge in [0.25, 0.3) is 0 Å². The Morgan fingerprint density at radius 2 is 1.00 bits per heavy atom. The molecule has 0 aliphatic heterocycles. The lowest BCUT2D eigenvalue weighted by Crippen LogP contribution is -2.31. The van der Waals surface area contributed by atoms with E-state index in [-0.39, 0.29) is 11.2 Å². The summed E-state index contributed by atoms with van der Waals surface area (Å²) in [6.45, 7) is 9.50. The highest BCUT2D eigenvalue weighted by Crippen LogP contribution is 2.17. The molecule has 0 spiro atoms. The van der Waals surface area contributed by atoms with Crippen molar-refractivity contribution in [2.45, 2.75) is 65.1 Å². The van der Waals surface area contributed by atoms with Crippen molar-refractivity contribution in [1.29, 1.82) is 0 Å². The Kier molecular flexibility index (Phi) is 8.84. The monoisotopic (exact) mass is 260 g/mol. The maximum absolute atomic E-state index is 11.5. The van der Waals surface area contributed by atoms with E-state index in [1.807, 2.05) is 0 Å². The van der Waals surface area contributed by atoms with Crippen molar-refractivity contribution in [2.75, 3.05) is 13.3 Å². The second-order valence-corrected chi connectivity index (χ2v) is 5.67. The van der Waals surface area contributed by atoms with E-state index in [4.69, 9.17) is 4.74 Å². The molecule has 0 aliphatic rings. The molecule has 0 radical (unpaired) electrons. The van der Waals surface area contributed by atoms with Crippen molar-refractivity contribution in [3.63, 3.8) is 0 Å². The molecule has 0 amide bonds. The molecular formula is C12H24F4O. The fourth-order valence-corrected chi connectivity index (χ4v) is 1.11. The van der Waals surface area contributed by atoms with E-state index in [0.29, 0.717) is 0 Å². The zero-order chi connectivity index (χ0) is 14.3. The van der Waals surface area contributed by atoms with E-state index >= 15 is 0 Å². The molecule has 0 fully saturated rings. The van der Waals surface area contributed by atoms with Crippen LogP contribution in [0.1, 0.15) is 41.5 Å². The van der Waals surface area contributed by atoms with Crippen molar-refractivity contribution in [1.82, 2.24) is 0 Å². The van der Waals surface area contributed by atoms with Gasteiger partial charge in [0, 0.05) is 0 Å². The summed E-state index contributed by atoms with van der Waals surface area (Å²) >= 11 is 0. The maximum atomic E-state index is 11.5. The zero-order valence-corrected chi connectivity index (χ0v) is 11.5. The van der Waals surface area contributed by atoms with Gasteiger partial charge < -0.3 is 4.74 Å². The molecule has 0 saturated carbocycles. The molecule has 5 heteroatoms. The van der Waals surface area contributed by atoms with Crippen LogP contribution in [0, 0.1) is 0 Å². The highest BCUT2D eigenvalue weighted by molar-refractivity contribution is 4.68. The molecular weight excluding hydrogens is 236 g/mol. The highest BCUT2D eigenvalue weighted by atomic mass is 19.2. The van der Waals surface area contributed by atoms with Crippen LogP contribution in [0.5, 0.6) is 0 Å². The van der Waals surface area contributed by atoms with Gasteiger partial charge in [-0.3, -0.25) is 0 Å². The molecule has 0 rings (SSSR count). The molecule has 0 aromatic heterocycles. The van der Waals surface area contributed by atoms with E-state index in [1.54, 1.807) is 0 Å². The number of alkyl halides is 4. The maximum Gasteiger partial charge on any atom is 0.162 e. The number of rotatable bonds is 3. The van der Waals surface area contributed by atoms with Gasteiger partial charge in [0.1, 0.15) is 13.3 Å². The van der Waals surface area contributed by atoms with Crippen molar-refractivity contribution >= 4 is 0 Å². The van der Waals surface area contributed by atoms with E-state index < -0.39 is 25.7 Å². The number of hydrogen-bond donors (Lipinski definition) is 0. The first-order valence-electron chi connectivity index (χ1n) is 5.53. The van der Waals surface area contributed by atoms with Crippen LogP contribution in [0.4, 0.5) is 17.6 Å². The molecule has 2 unspecified atom stereocenters. The lowest BCUT2D eigenvalue weighted by molar-refractivity contribution is -0.102. The molecule has 0 aliphatic carbocycles. The molecule has 106 valence electrons. The Morgan fingerprint density at radius 1 is 0.765 bits per heavy atom. The van der Waals surface area contributed by atoms with Gasteiger partial charge in [-0.05, 0) is 41.5 Å². The van der Waals surface area contributed by atoms with E-state index in [2.05, 4.69) is 41.5 Å². The molecule has 0 aromatic carbocycles. The molecule has 0 bridgehead atoms. The van der Waals surface area contributed by atoms with Crippen LogP contribution in [-0.2, 0) is 4.74 Å². The van der Waals surface area contributed by atoms with Gasteiger partial charge in [0.2, 0.25) is 0 Å². The van der Waals surface area contributed by atoms with Crippen LogP contribution < -0.4 is 0 Å². The van der Waals surface area contributed by atoms with Gasteiger partial charge in [-0.15, -0.1) is 0 Å². The fourth-order valence-electron chi connectivity index (χ4n) is 1.11. The van der Waals surface area contributed by atoms with Crippen LogP contribution in [0.15, 0.2) is 0 Å². The summed E-state index contributed by atoms with van der Waals surface area (Å²) in [5.74, 6) is 0. The van der Waals surface area contributed by atoms with E-state index in [1.165, 1.54) is 0 Å². The summed E-state index contributed by atoms with van der Waals surface area (Å²) in [5.41, 5.74) is -0.0312. The normalized spacial score (nSPS) is 15.9. The molecule has 0 aromatic rings. The minimum absolute atomic E-state index is 0.0156. The smallest absolute Gasteiger partial charge is 0.162 e. The third kappa shape index (κ3) is 15.7. The quantitative estimate of drug-likeness (QED) is 0.691. The van der Waals surface area contributed by atoms with Gasteiger partial charge >= 0.3 is 0 Å². The fraction of sp³-hybridized carbons (Fsp3) is 1.00. The third-order valence-corrected chi connectivity index (χ3v) is 1.30. The Balaban J connectivity index is 0. The van der Waals surface area contributed by atoms with Gasteiger partial charge in [0.05, 0.1) is 11.2 Å². The molecule has 0 saturated heterocycles. The molecule has 2 atom stereocenters. The summed E-state index contributed by atoms with van der Waals surface area (Å²) in [5, 5.41) is 0. The summed E-state index contributed by atoms with van der Waals surface area (Å²) in [6.07, 6.45) is -4.58. The van der Waals surface area contributed by atoms with Crippen molar-refractivity contribution in [3.8, 4) is 0 Å². The Bertz CT molecular complexity index is 164. The summed E-state index contributed by atoms with van der Waals surface area (Å²) in [6, 6.07) is 0. The number of hydrogen-bond acceptors (Lipinski definition) is 1. The minimum Gasteiger partial charge on any atom is -0.370 e. The first kappa shape index (κ1) is 19.0.